The highest BCUT2D eigenvalue weighted by molar-refractivity contribution is 5.99. The van der Waals surface area contributed by atoms with E-state index in [1.165, 1.54) is 6.92 Å². The Morgan fingerprint density at radius 3 is 1.88 bits per heavy atom. The third-order valence-electron chi connectivity index (χ3n) is 4.00. The summed E-state index contributed by atoms with van der Waals surface area (Å²) in [5.74, 6) is -0.666. The van der Waals surface area contributed by atoms with Gasteiger partial charge in [-0.25, -0.2) is 0 Å². The molecule has 0 radical (unpaired) electrons. The van der Waals surface area contributed by atoms with Crippen LogP contribution in [-0.2, 0) is 10.2 Å². The van der Waals surface area contributed by atoms with Crippen molar-refractivity contribution in [3.05, 3.63) is 65.2 Å². The first kappa shape index (κ1) is 19.4. The Kier molecular flexibility index (Phi) is 5.93. The Bertz CT molecular complexity index is 801. The number of Topliss-reactive ketones (excluding diaryl/α,β-unsaturated/α-hetero) is 1. The number of hydrogen-bond donors (Lipinski definition) is 2. The van der Waals surface area contributed by atoms with Gasteiger partial charge in [-0.15, -0.1) is 0 Å². The summed E-state index contributed by atoms with van der Waals surface area (Å²) in [6.45, 7) is 7.67. The van der Waals surface area contributed by atoms with E-state index in [4.69, 9.17) is 0 Å². The molecule has 0 spiro atoms. The fourth-order valence-electron chi connectivity index (χ4n) is 2.38. The molecule has 0 saturated heterocycles. The number of benzene rings is 2. The Morgan fingerprint density at radius 2 is 1.38 bits per heavy atom. The molecule has 0 saturated carbocycles. The van der Waals surface area contributed by atoms with Crippen molar-refractivity contribution < 1.29 is 14.4 Å². The third-order valence-corrected chi connectivity index (χ3v) is 4.00. The lowest BCUT2D eigenvalue weighted by Gasteiger charge is -2.19. The largest absolute Gasteiger partial charge is 0.343 e. The zero-order valence-corrected chi connectivity index (χ0v) is 15.6. The van der Waals surface area contributed by atoms with Crippen LogP contribution in [-0.4, -0.2) is 24.1 Å². The van der Waals surface area contributed by atoms with E-state index in [1.54, 1.807) is 36.4 Å². The number of rotatable bonds is 5. The molecule has 5 heteroatoms. The smallest absolute Gasteiger partial charge is 0.251 e. The van der Waals surface area contributed by atoms with E-state index in [0.717, 1.165) is 5.56 Å². The van der Waals surface area contributed by atoms with Gasteiger partial charge < -0.3 is 10.6 Å². The highest BCUT2D eigenvalue weighted by Gasteiger charge is 2.14. The predicted molar refractivity (Wildman–Crippen MR) is 103 cm³/mol. The van der Waals surface area contributed by atoms with Crippen LogP contribution in [0, 0.1) is 0 Å². The molecule has 2 rings (SSSR count). The first-order valence-electron chi connectivity index (χ1n) is 8.46. The van der Waals surface area contributed by atoms with Crippen LogP contribution < -0.4 is 10.6 Å². The van der Waals surface area contributed by atoms with Crippen molar-refractivity contribution in [3.63, 3.8) is 0 Å². The molecular weight excluding hydrogens is 328 g/mol. The van der Waals surface area contributed by atoms with Gasteiger partial charge in [0.1, 0.15) is 0 Å². The van der Waals surface area contributed by atoms with Gasteiger partial charge in [0.05, 0.1) is 6.54 Å². The van der Waals surface area contributed by atoms with Crippen molar-refractivity contribution in [2.24, 2.45) is 0 Å². The third kappa shape index (κ3) is 5.28. The normalized spacial score (nSPS) is 10.9. The Morgan fingerprint density at radius 1 is 0.846 bits per heavy atom. The van der Waals surface area contributed by atoms with Gasteiger partial charge in [-0.05, 0) is 54.3 Å². The first-order chi connectivity index (χ1) is 12.2. The average molecular weight is 352 g/mol. The monoisotopic (exact) mass is 352 g/mol. The van der Waals surface area contributed by atoms with E-state index in [2.05, 4.69) is 31.4 Å². The molecule has 136 valence electrons. The molecule has 0 aliphatic rings. The quantitative estimate of drug-likeness (QED) is 0.808. The number of hydrogen-bond acceptors (Lipinski definition) is 3. The Hall–Kier alpha value is -2.95. The van der Waals surface area contributed by atoms with Crippen molar-refractivity contribution in [1.82, 2.24) is 5.32 Å². The molecule has 0 aliphatic carbocycles. The van der Waals surface area contributed by atoms with Gasteiger partial charge in [0, 0.05) is 16.8 Å². The van der Waals surface area contributed by atoms with E-state index in [0.29, 0.717) is 16.8 Å². The van der Waals surface area contributed by atoms with Gasteiger partial charge in [-0.1, -0.05) is 32.9 Å². The highest BCUT2D eigenvalue weighted by Crippen LogP contribution is 2.22. The second-order valence-electron chi connectivity index (χ2n) is 7.19. The van der Waals surface area contributed by atoms with Gasteiger partial charge in [-0.3, -0.25) is 14.4 Å². The molecule has 2 aromatic rings. The summed E-state index contributed by atoms with van der Waals surface area (Å²) >= 11 is 0. The van der Waals surface area contributed by atoms with Gasteiger partial charge in [-0.2, -0.15) is 0 Å². The van der Waals surface area contributed by atoms with Crippen LogP contribution in [0.1, 0.15) is 54.0 Å². The van der Waals surface area contributed by atoms with E-state index in [1.807, 2.05) is 12.1 Å². The summed E-state index contributed by atoms with van der Waals surface area (Å²) < 4.78 is 0. The topological polar surface area (TPSA) is 75.3 Å². The molecule has 2 N–H and O–H groups in total. The molecule has 0 aromatic heterocycles. The molecule has 0 bridgehead atoms. The van der Waals surface area contributed by atoms with Crippen molar-refractivity contribution in [1.29, 1.82) is 0 Å². The Labute approximate surface area is 153 Å². The SMILES string of the molecule is CC(=O)c1ccc(NC(=O)CNC(=O)c2ccc(C(C)(C)C)cc2)cc1. The predicted octanol–water partition coefficient (Wildman–Crippen LogP) is 3.56. The first-order valence-corrected chi connectivity index (χ1v) is 8.46. The van der Waals surface area contributed by atoms with Crippen LogP contribution in [0.5, 0.6) is 0 Å². The molecule has 5 nitrogen and oxygen atoms in total. The lowest BCUT2D eigenvalue weighted by Crippen LogP contribution is -2.32. The van der Waals surface area contributed by atoms with E-state index < -0.39 is 0 Å². The fourth-order valence-corrected chi connectivity index (χ4v) is 2.38. The maximum absolute atomic E-state index is 12.2. The van der Waals surface area contributed by atoms with E-state index >= 15 is 0 Å². The van der Waals surface area contributed by atoms with Crippen LogP contribution in [0.3, 0.4) is 0 Å². The van der Waals surface area contributed by atoms with Gasteiger partial charge in [0.2, 0.25) is 5.91 Å². The van der Waals surface area contributed by atoms with Gasteiger partial charge in [0.15, 0.2) is 5.78 Å². The maximum atomic E-state index is 12.2. The standard InChI is InChI=1S/C21H24N2O3/c1-14(24)15-7-11-18(12-8-15)23-19(25)13-22-20(26)16-5-9-17(10-6-16)21(2,3)4/h5-12H,13H2,1-4H3,(H,22,26)(H,23,25). The van der Waals surface area contributed by atoms with Gasteiger partial charge >= 0.3 is 0 Å². The average Bonchev–Trinajstić information content (AvgIpc) is 2.59. The molecule has 0 aliphatic heterocycles. The molecule has 0 atom stereocenters. The van der Waals surface area contributed by atoms with Crippen LogP contribution in [0.4, 0.5) is 5.69 Å². The second-order valence-corrected chi connectivity index (χ2v) is 7.19. The lowest BCUT2D eigenvalue weighted by atomic mass is 9.87. The Balaban J connectivity index is 1.88. The van der Waals surface area contributed by atoms with Gasteiger partial charge in [0.25, 0.3) is 5.91 Å². The summed E-state index contributed by atoms with van der Waals surface area (Å²) in [6, 6.07) is 14.0. The molecule has 0 heterocycles. The van der Waals surface area contributed by atoms with Crippen LogP contribution in [0.25, 0.3) is 0 Å². The molecular formula is C21H24N2O3. The molecule has 2 amide bonds. The fraction of sp³-hybridized carbons (Fsp3) is 0.286. The summed E-state index contributed by atoms with van der Waals surface area (Å²) in [6.07, 6.45) is 0. The van der Waals surface area contributed by atoms with Crippen LogP contribution in [0.2, 0.25) is 0 Å². The summed E-state index contributed by atoms with van der Waals surface area (Å²) in [5, 5.41) is 5.28. The highest BCUT2D eigenvalue weighted by atomic mass is 16.2. The summed E-state index contributed by atoms with van der Waals surface area (Å²) in [5.41, 5.74) is 2.82. The molecule has 26 heavy (non-hydrogen) atoms. The number of ketones is 1. The molecule has 0 unspecified atom stereocenters. The summed E-state index contributed by atoms with van der Waals surface area (Å²) in [4.78, 5) is 35.3. The van der Waals surface area contributed by atoms with E-state index in [-0.39, 0.29) is 29.6 Å². The summed E-state index contributed by atoms with van der Waals surface area (Å²) in [7, 11) is 0. The molecule has 0 fully saturated rings. The number of carbonyl (C=O) groups is 3. The van der Waals surface area contributed by atoms with Crippen molar-refractivity contribution in [2.75, 3.05) is 11.9 Å². The minimum absolute atomic E-state index is 0.0207. The lowest BCUT2D eigenvalue weighted by molar-refractivity contribution is -0.115. The minimum atomic E-state index is -0.333. The number of carbonyl (C=O) groups excluding carboxylic acids is 3. The zero-order valence-electron chi connectivity index (χ0n) is 15.6. The van der Waals surface area contributed by atoms with Crippen molar-refractivity contribution in [2.45, 2.75) is 33.1 Å². The number of anilines is 1. The maximum Gasteiger partial charge on any atom is 0.251 e. The van der Waals surface area contributed by atoms with Crippen molar-refractivity contribution in [3.8, 4) is 0 Å². The minimum Gasteiger partial charge on any atom is -0.343 e. The molecule has 2 aromatic carbocycles. The van der Waals surface area contributed by atoms with Crippen LogP contribution >= 0.6 is 0 Å². The zero-order chi connectivity index (χ0) is 19.3. The van der Waals surface area contributed by atoms with Crippen molar-refractivity contribution >= 4 is 23.3 Å². The second kappa shape index (κ2) is 7.95. The van der Waals surface area contributed by atoms with Crippen LogP contribution in [0.15, 0.2) is 48.5 Å². The number of nitrogens with one attached hydrogen (secondary N) is 2. The number of amides is 2. The van der Waals surface area contributed by atoms with E-state index in [9.17, 15) is 14.4 Å².